The molecule has 3 rings (SSSR count). The summed E-state index contributed by atoms with van der Waals surface area (Å²) in [6.07, 6.45) is 1.76. The lowest BCUT2D eigenvalue weighted by Crippen LogP contribution is -2.15. The Bertz CT molecular complexity index is 770. The third-order valence-corrected chi connectivity index (χ3v) is 3.13. The van der Waals surface area contributed by atoms with Crippen LogP contribution < -0.4 is 5.32 Å². The van der Waals surface area contributed by atoms with Gasteiger partial charge >= 0.3 is 0 Å². The molecule has 1 amide bonds. The largest absolute Gasteiger partial charge is 0.326 e. The third kappa shape index (κ3) is 3.48. The van der Waals surface area contributed by atoms with Gasteiger partial charge in [-0.3, -0.25) is 14.9 Å². The van der Waals surface area contributed by atoms with Crippen LogP contribution in [0.15, 0.2) is 48.7 Å². The molecule has 0 saturated heterocycles. The Hall–Kier alpha value is -2.73. The highest BCUT2D eigenvalue weighted by Crippen LogP contribution is 2.14. The number of carbonyl (C=O) groups is 1. The molecule has 2 aromatic heterocycles. The fraction of sp³-hybridized carbons (Fsp3) is 0.0667. The lowest BCUT2D eigenvalue weighted by atomic mass is 10.3. The van der Waals surface area contributed by atoms with Crippen molar-refractivity contribution >= 4 is 23.2 Å². The van der Waals surface area contributed by atoms with Gasteiger partial charge in [0.15, 0.2) is 5.82 Å². The Kier molecular flexibility index (Phi) is 4.11. The Balaban J connectivity index is 1.65. The van der Waals surface area contributed by atoms with Crippen molar-refractivity contribution in [3.8, 4) is 11.5 Å². The second kappa shape index (κ2) is 6.36. The summed E-state index contributed by atoms with van der Waals surface area (Å²) in [6, 6.07) is 12.4. The van der Waals surface area contributed by atoms with E-state index in [1.54, 1.807) is 36.5 Å². The predicted molar refractivity (Wildman–Crippen MR) is 83.4 cm³/mol. The van der Waals surface area contributed by atoms with Gasteiger partial charge in [0.05, 0.1) is 6.42 Å². The molecule has 22 heavy (non-hydrogen) atoms. The van der Waals surface area contributed by atoms with Crippen LogP contribution in [-0.2, 0) is 11.2 Å². The van der Waals surface area contributed by atoms with Crippen LogP contribution in [0.2, 0.25) is 5.02 Å². The summed E-state index contributed by atoms with van der Waals surface area (Å²) in [7, 11) is 0. The molecule has 0 bridgehead atoms. The first kappa shape index (κ1) is 14.2. The van der Waals surface area contributed by atoms with Crippen molar-refractivity contribution in [3.63, 3.8) is 0 Å². The number of hydrogen-bond acceptors (Lipinski definition) is 4. The first-order valence-electron chi connectivity index (χ1n) is 6.59. The van der Waals surface area contributed by atoms with Gasteiger partial charge < -0.3 is 5.32 Å². The fourth-order valence-corrected chi connectivity index (χ4v) is 2.00. The third-order valence-electron chi connectivity index (χ3n) is 2.88. The molecule has 0 radical (unpaired) electrons. The molecule has 110 valence electrons. The number of benzene rings is 1. The summed E-state index contributed by atoms with van der Waals surface area (Å²) in [5.74, 6) is 0.757. The molecule has 0 saturated carbocycles. The number of hydrogen-bond donors (Lipinski definition) is 2. The summed E-state index contributed by atoms with van der Waals surface area (Å²) in [5, 5.41) is 10.2. The van der Waals surface area contributed by atoms with Gasteiger partial charge in [-0.2, -0.15) is 5.10 Å². The number of aromatic nitrogens is 4. The molecule has 0 spiro atoms. The van der Waals surface area contributed by atoms with Gasteiger partial charge in [0.1, 0.15) is 11.5 Å². The number of carbonyl (C=O) groups excluding carboxylic acids is 1. The number of aromatic amines is 1. The lowest BCUT2D eigenvalue weighted by molar-refractivity contribution is -0.115. The normalized spacial score (nSPS) is 10.4. The van der Waals surface area contributed by atoms with Crippen molar-refractivity contribution in [1.29, 1.82) is 0 Å². The summed E-state index contributed by atoms with van der Waals surface area (Å²) in [6.45, 7) is 0. The molecule has 7 heteroatoms. The van der Waals surface area contributed by atoms with Crippen molar-refractivity contribution in [2.45, 2.75) is 6.42 Å². The average molecular weight is 314 g/mol. The number of rotatable bonds is 4. The van der Waals surface area contributed by atoms with E-state index in [4.69, 9.17) is 11.6 Å². The minimum Gasteiger partial charge on any atom is -0.326 e. The molecule has 0 unspecified atom stereocenters. The zero-order valence-corrected chi connectivity index (χ0v) is 12.2. The average Bonchev–Trinajstić information content (AvgIpc) is 2.99. The first-order chi connectivity index (χ1) is 10.7. The Labute approximate surface area is 131 Å². The van der Waals surface area contributed by atoms with E-state index in [2.05, 4.69) is 25.5 Å². The van der Waals surface area contributed by atoms with E-state index in [0.29, 0.717) is 28.1 Å². The molecule has 2 heterocycles. The van der Waals surface area contributed by atoms with Crippen LogP contribution in [0.5, 0.6) is 0 Å². The Morgan fingerprint density at radius 2 is 2.00 bits per heavy atom. The summed E-state index contributed by atoms with van der Waals surface area (Å²) >= 11 is 5.80. The van der Waals surface area contributed by atoms with Gasteiger partial charge in [0.25, 0.3) is 0 Å². The van der Waals surface area contributed by atoms with E-state index in [1.807, 2.05) is 12.1 Å². The van der Waals surface area contributed by atoms with E-state index in [-0.39, 0.29) is 12.3 Å². The van der Waals surface area contributed by atoms with E-state index >= 15 is 0 Å². The van der Waals surface area contributed by atoms with Crippen molar-refractivity contribution in [2.24, 2.45) is 0 Å². The minimum absolute atomic E-state index is 0.0997. The summed E-state index contributed by atoms with van der Waals surface area (Å²) in [4.78, 5) is 20.4. The predicted octanol–water partition coefficient (Wildman–Crippen LogP) is 2.70. The van der Waals surface area contributed by atoms with E-state index in [0.717, 1.165) is 0 Å². The standard InChI is InChI=1S/C15H12ClN5O/c16-10-4-6-11(7-5-10)18-14(22)9-13-19-15(21-20-13)12-3-1-2-8-17-12/h1-8H,9H2,(H,18,22)(H,19,20,21). The molecule has 1 aromatic carbocycles. The topological polar surface area (TPSA) is 83.6 Å². The van der Waals surface area contributed by atoms with E-state index < -0.39 is 0 Å². The molecule has 0 atom stereocenters. The number of amides is 1. The number of nitrogens with zero attached hydrogens (tertiary/aromatic N) is 3. The molecule has 6 nitrogen and oxygen atoms in total. The smallest absolute Gasteiger partial charge is 0.232 e. The molecular weight excluding hydrogens is 302 g/mol. The maximum Gasteiger partial charge on any atom is 0.232 e. The Morgan fingerprint density at radius 3 is 2.73 bits per heavy atom. The van der Waals surface area contributed by atoms with Crippen molar-refractivity contribution < 1.29 is 4.79 Å². The summed E-state index contributed by atoms with van der Waals surface area (Å²) in [5.41, 5.74) is 1.34. The lowest BCUT2D eigenvalue weighted by Gasteiger charge is -2.03. The number of nitrogens with one attached hydrogen (secondary N) is 2. The highest BCUT2D eigenvalue weighted by atomic mass is 35.5. The van der Waals surface area contributed by atoms with Gasteiger partial charge in [-0.1, -0.05) is 17.7 Å². The van der Waals surface area contributed by atoms with E-state index in [1.165, 1.54) is 0 Å². The van der Waals surface area contributed by atoms with Crippen LogP contribution in [-0.4, -0.2) is 26.1 Å². The molecule has 2 N–H and O–H groups in total. The quantitative estimate of drug-likeness (QED) is 0.775. The van der Waals surface area contributed by atoms with Gasteiger partial charge in [0.2, 0.25) is 5.91 Å². The molecule has 0 aliphatic heterocycles. The number of H-pyrrole nitrogens is 1. The van der Waals surface area contributed by atoms with Crippen LogP contribution in [0.25, 0.3) is 11.5 Å². The second-order valence-electron chi connectivity index (χ2n) is 4.55. The molecule has 3 aromatic rings. The molecule has 0 aliphatic carbocycles. The number of anilines is 1. The van der Waals surface area contributed by atoms with Crippen molar-refractivity contribution in [2.75, 3.05) is 5.32 Å². The van der Waals surface area contributed by atoms with Crippen LogP contribution >= 0.6 is 11.6 Å². The van der Waals surface area contributed by atoms with E-state index in [9.17, 15) is 4.79 Å². The van der Waals surface area contributed by atoms with Crippen molar-refractivity contribution in [3.05, 3.63) is 59.5 Å². The van der Waals surface area contributed by atoms with Crippen LogP contribution in [0.4, 0.5) is 5.69 Å². The Morgan fingerprint density at radius 1 is 1.18 bits per heavy atom. The van der Waals surface area contributed by atoms with Gasteiger partial charge in [0, 0.05) is 16.9 Å². The van der Waals surface area contributed by atoms with Crippen LogP contribution in [0.1, 0.15) is 5.82 Å². The highest BCUT2D eigenvalue weighted by molar-refractivity contribution is 6.30. The van der Waals surface area contributed by atoms with Gasteiger partial charge in [-0.25, -0.2) is 4.98 Å². The monoisotopic (exact) mass is 313 g/mol. The number of pyridine rings is 1. The first-order valence-corrected chi connectivity index (χ1v) is 6.96. The van der Waals surface area contributed by atoms with Crippen LogP contribution in [0, 0.1) is 0 Å². The minimum atomic E-state index is -0.189. The zero-order valence-electron chi connectivity index (χ0n) is 11.5. The summed E-state index contributed by atoms with van der Waals surface area (Å²) < 4.78 is 0. The highest BCUT2D eigenvalue weighted by Gasteiger charge is 2.10. The van der Waals surface area contributed by atoms with Crippen LogP contribution in [0.3, 0.4) is 0 Å². The molecular formula is C15H12ClN5O. The fourth-order valence-electron chi connectivity index (χ4n) is 1.87. The zero-order chi connectivity index (χ0) is 15.4. The van der Waals surface area contributed by atoms with Gasteiger partial charge in [-0.15, -0.1) is 0 Å². The SMILES string of the molecule is O=C(Cc1nc(-c2ccccn2)n[nH]1)Nc1ccc(Cl)cc1. The maximum absolute atomic E-state index is 12.0. The second-order valence-corrected chi connectivity index (χ2v) is 4.99. The van der Waals surface area contributed by atoms with Crippen molar-refractivity contribution in [1.82, 2.24) is 20.2 Å². The maximum atomic E-state index is 12.0. The molecule has 0 fully saturated rings. The molecule has 0 aliphatic rings. The van der Waals surface area contributed by atoms with Gasteiger partial charge in [-0.05, 0) is 36.4 Å². The number of halogens is 1.